The molecule has 1 N–H and O–H groups in total. The number of nitrogens with one attached hydrogen (secondary N) is 1. The van der Waals surface area contributed by atoms with Crippen LogP contribution in [-0.4, -0.2) is 26.4 Å². The summed E-state index contributed by atoms with van der Waals surface area (Å²) in [5, 5.41) is 13.7. The third-order valence-corrected chi connectivity index (χ3v) is 7.52. The molecule has 0 radical (unpaired) electrons. The molecule has 0 bridgehead atoms. The molecular formula is C22H29ClN4OS. The van der Waals surface area contributed by atoms with Crippen molar-refractivity contribution >= 4 is 29.3 Å². The van der Waals surface area contributed by atoms with E-state index in [1.807, 2.05) is 31.2 Å². The van der Waals surface area contributed by atoms with Gasteiger partial charge in [0.15, 0.2) is 11.0 Å². The number of carbonyl (C=O) groups is 1. The SMILES string of the molecule is CC(NC(=O)C1CCC1)c1nnc(SCC2CCCCC2)n1-c1cccc(Cl)c1. The minimum atomic E-state index is -0.210. The van der Waals surface area contributed by atoms with Crippen molar-refractivity contribution in [1.29, 1.82) is 0 Å². The summed E-state index contributed by atoms with van der Waals surface area (Å²) in [6.07, 6.45) is 9.76. The Balaban J connectivity index is 1.56. The van der Waals surface area contributed by atoms with Gasteiger partial charge >= 0.3 is 0 Å². The van der Waals surface area contributed by atoms with Crippen LogP contribution in [0.4, 0.5) is 0 Å². The molecule has 0 aliphatic heterocycles. The van der Waals surface area contributed by atoms with Crippen LogP contribution >= 0.6 is 23.4 Å². The van der Waals surface area contributed by atoms with Crippen LogP contribution in [0.2, 0.25) is 5.02 Å². The third kappa shape index (κ3) is 4.97. The Morgan fingerprint density at radius 3 is 2.69 bits per heavy atom. The normalized spacial score (nSPS) is 19.0. The summed E-state index contributed by atoms with van der Waals surface area (Å²) < 4.78 is 2.06. The van der Waals surface area contributed by atoms with Crippen LogP contribution in [0.15, 0.2) is 29.4 Å². The number of nitrogens with zero attached hydrogens (tertiary/aromatic N) is 3. The lowest BCUT2D eigenvalue weighted by atomic mass is 9.84. The summed E-state index contributed by atoms with van der Waals surface area (Å²) in [4.78, 5) is 12.5. The highest BCUT2D eigenvalue weighted by atomic mass is 35.5. The standard InChI is InChI=1S/C22H29ClN4OS/c1-15(24-21(28)17-9-5-10-17)20-25-26-22(29-14-16-7-3-2-4-8-16)27(20)19-12-6-11-18(23)13-19/h6,11-13,15-17H,2-5,7-10,14H2,1H3,(H,24,28). The summed E-state index contributed by atoms with van der Waals surface area (Å²) in [6, 6.07) is 7.54. The Kier molecular flexibility index (Phi) is 6.81. The predicted molar refractivity (Wildman–Crippen MR) is 118 cm³/mol. The smallest absolute Gasteiger partial charge is 0.223 e. The van der Waals surface area contributed by atoms with E-state index < -0.39 is 0 Å². The Hall–Kier alpha value is -1.53. The van der Waals surface area contributed by atoms with E-state index in [0.29, 0.717) is 5.02 Å². The molecule has 1 atom stereocenters. The fourth-order valence-electron chi connectivity index (χ4n) is 4.13. The second-order valence-corrected chi connectivity index (χ2v) is 9.75. The molecule has 2 aromatic rings. The van der Waals surface area contributed by atoms with Crippen molar-refractivity contribution in [3.63, 3.8) is 0 Å². The maximum atomic E-state index is 12.5. The van der Waals surface area contributed by atoms with Crippen LogP contribution in [0.3, 0.4) is 0 Å². The molecule has 1 heterocycles. The molecule has 1 unspecified atom stereocenters. The third-order valence-electron chi connectivity index (χ3n) is 6.12. The summed E-state index contributed by atoms with van der Waals surface area (Å²) in [5.41, 5.74) is 0.938. The van der Waals surface area contributed by atoms with Gasteiger partial charge in [-0.3, -0.25) is 9.36 Å². The molecule has 29 heavy (non-hydrogen) atoms. The van der Waals surface area contributed by atoms with Crippen molar-refractivity contribution in [1.82, 2.24) is 20.1 Å². The zero-order valence-electron chi connectivity index (χ0n) is 16.9. The van der Waals surface area contributed by atoms with E-state index in [1.165, 1.54) is 32.1 Å². The van der Waals surface area contributed by atoms with E-state index in [1.54, 1.807) is 11.8 Å². The number of halogens is 1. The van der Waals surface area contributed by atoms with E-state index >= 15 is 0 Å². The molecule has 2 fully saturated rings. The second kappa shape index (κ2) is 9.52. The highest BCUT2D eigenvalue weighted by molar-refractivity contribution is 7.99. The van der Waals surface area contributed by atoms with E-state index in [2.05, 4.69) is 20.1 Å². The number of thioether (sulfide) groups is 1. The van der Waals surface area contributed by atoms with Crippen molar-refractivity contribution in [3.05, 3.63) is 35.1 Å². The van der Waals surface area contributed by atoms with Gasteiger partial charge in [-0.25, -0.2) is 0 Å². The second-order valence-electron chi connectivity index (χ2n) is 8.33. The van der Waals surface area contributed by atoms with Gasteiger partial charge in [0.05, 0.1) is 11.7 Å². The molecule has 5 nitrogen and oxygen atoms in total. The molecule has 2 saturated carbocycles. The van der Waals surface area contributed by atoms with E-state index in [-0.39, 0.29) is 17.9 Å². The highest BCUT2D eigenvalue weighted by Gasteiger charge is 2.28. The molecule has 7 heteroatoms. The number of carbonyl (C=O) groups excluding carboxylic acids is 1. The van der Waals surface area contributed by atoms with Gasteiger partial charge < -0.3 is 5.32 Å². The lowest BCUT2D eigenvalue weighted by Crippen LogP contribution is -2.36. The van der Waals surface area contributed by atoms with Crippen LogP contribution in [0.5, 0.6) is 0 Å². The minimum Gasteiger partial charge on any atom is -0.346 e. The van der Waals surface area contributed by atoms with Crippen LogP contribution in [0.1, 0.15) is 70.2 Å². The Morgan fingerprint density at radius 1 is 1.21 bits per heavy atom. The highest BCUT2D eigenvalue weighted by Crippen LogP contribution is 2.32. The maximum absolute atomic E-state index is 12.5. The van der Waals surface area contributed by atoms with Crippen LogP contribution < -0.4 is 5.32 Å². The van der Waals surface area contributed by atoms with Gasteiger partial charge in [-0.1, -0.05) is 55.1 Å². The number of rotatable bonds is 7. The fourth-order valence-corrected chi connectivity index (χ4v) is 5.45. The van der Waals surface area contributed by atoms with Crippen LogP contribution in [0.25, 0.3) is 5.69 Å². The lowest BCUT2D eigenvalue weighted by molar-refractivity contribution is -0.128. The zero-order chi connectivity index (χ0) is 20.2. The molecule has 1 aromatic carbocycles. The van der Waals surface area contributed by atoms with Crippen molar-refractivity contribution in [2.24, 2.45) is 11.8 Å². The van der Waals surface area contributed by atoms with Gasteiger partial charge in [0.2, 0.25) is 5.91 Å². The molecule has 2 aliphatic rings. The minimum absolute atomic E-state index is 0.126. The Bertz CT molecular complexity index is 845. The average molecular weight is 433 g/mol. The molecule has 4 rings (SSSR count). The van der Waals surface area contributed by atoms with E-state index in [0.717, 1.165) is 47.6 Å². The van der Waals surface area contributed by atoms with Gasteiger partial charge in [0, 0.05) is 16.7 Å². The van der Waals surface area contributed by atoms with Crippen LogP contribution in [-0.2, 0) is 4.79 Å². The summed E-state index contributed by atoms with van der Waals surface area (Å²) in [5.74, 6) is 2.84. The summed E-state index contributed by atoms with van der Waals surface area (Å²) in [7, 11) is 0. The largest absolute Gasteiger partial charge is 0.346 e. The van der Waals surface area contributed by atoms with Crippen molar-refractivity contribution in [2.75, 3.05) is 5.75 Å². The quantitative estimate of drug-likeness (QED) is 0.581. The first kappa shape index (κ1) is 20.7. The average Bonchev–Trinajstić information content (AvgIpc) is 3.10. The van der Waals surface area contributed by atoms with Crippen LogP contribution in [0, 0.1) is 11.8 Å². The van der Waals surface area contributed by atoms with Gasteiger partial charge in [0.25, 0.3) is 0 Å². The fraction of sp³-hybridized carbons (Fsp3) is 0.591. The number of amides is 1. The summed E-state index contributed by atoms with van der Waals surface area (Å²) in [6.45, 7) is 1.98. The molecule has 0 spiro atoms. The van der Waals surface area contributed by atoms with E-state index in [4.69, 9.17) is 11.6 Å². The van der Waals surface area contributed by atoms with Gasteiger partial charge in [-0.05, 0) is 56.7 Å². The monoisotopic (exact) mass is 432 g/mol. The Labute approximate surface area is 182 Å². The number of benzene rings is 1. The first-order valence-electron chi connectivity index (χ1n) is 10.8. The number of aromatic nitrogens is 3. The molecule has 1 amide bonds. The van der Waals surface area contributed by atoms with E-state index in [9.17, 15) is 4.79 Å². The number of hydrogen-bond donors (Lipinski definition) is 1. The molecule has 2 aliphatic carbocycles. The topological polar surface area (TPSA) is 59.8 Å². The molecule has 156 valence electrons. The Morgan fingerprint density at radius 2 is 2.00 bits per heavy atom. The molecule has 0 saturated heterocycles. The number of hydrogen-bond acceptors (Lipinski definition) is 4. The zero-order valence-corrected chi connectivity index (χ0v) is 18.5. The van der Waals surface area contributed by atoms with Gasteiger partial charge in [0.1, 0.15) is 0 Å². The van der Waals surface area contributed by atoms with Gasteiger partial charge in [-0.2, -0.15) is 0 Å². The summed E-state index contributed by atoms with van der Waals surface area (Å²) >= 11 is 8.03. The van der Waals surface area contributed by atoms with Gasteiger partial charge in [-0.15, -0.1) is 10.2 Å². The first-order valence-corrected chi connectivity index (χ1v) is 12.1. The van der Waals surface area contributed by atoms with Crippen molar-refractivity contribution in [2.45, 2.75) is 69.5 Å². The first-order chi connectivity index (χ1) is 14.1. The van der Waals surface area contributed by atoms with Crippen molar-refractivity contribution in [3.8, 4) is 5.69 Å². The maximum Gasteiger partial charge on any atom is 0.223 e. The predicted octanol–water partition coefficient (Wildman–Crippen LogP) is 5.57. The molecule has 1 aromatic heterocycles. The lowest BCUT2D eigenvalue weighted by Gasteiger charge is -2.26. The molecular weight excluding hydrogens is 404 g/mol. The van der Waals surface area contributed by atoms with Crippen molar-refractivity contribution < 1.29 is 4.79 Å².